The van der Waals surface area contributed by atoms with Crippen molar-refractivity contribution in [3.8, 4) is 11.5 Å². The molecule has 37 heavy (non-hydrogen) atoms. The Bertz CT molecular complexity index is 1410. The fourth-order valence-corrected chi connectivity index (χ4v) is 4.71. The summed E-state index contributed by atoms with van der Waals surface area (Å²) in [5.74, 6) is 0.130. The number of oxazole rings is 1. The standard InChI is InChI=1S/C29H30N4O4/c1-31(2)23-12-13-25-24(19-23)30-27(37-25)21-10-7-11-22(18-21)28(34)33-16-14-32(15-17-33)26(29(35)36-3)20-8-5-4-6-9-20/h4-13,18-19,26H,14-17H2,1-3H3. The van der Waals surface area contributed by atoms with E-state index in [0.717, 1.165) is 22.3 Å². The number of hydrogen-bond acceptors (Lipinski definition) is 7. The molecule has 1 atom stereocenters. The molecule has 2 heterocycles. The fourth-order valence-electron chi connectivity index (χ4n) is 4.71. The number of benzene rings is 3. The van der Waals surface area contributed by atoms with Crippen LogP contribution in [0.25, 0.3) is 22.6 Å². The van der Waals surface area contributed by atoms with E-state index in [1.165, 1.54) is 7.11 Å². The summed E-state index contributed by atoms with van der Waals surface area (Å²) in [6.45, 7) is 2.16. The van der Waals surface area contributed by atoms with E-state index in [9.17, 15) is 9.59 Å². The molecule has 0 N–H and O–H groups in total. The number of rotatable bonds is 6. The van der Waals surface area contributed by atoms with Gasteiger partial charge in [0.15, 0.2) is 5.58 Å². The third-order valence-corrected chi connectivity index (χ3v) is 6.75. The van der Waals surface area contributed by atoms with E-state index < -0.39 is 6.04 Å². The van der Waals surface area contributed by atoms with Gasteiger partial charge in [0.2, 0.25) is 5.89 Å². The summed E-state index contributed by atoms with van der Waals surface area (Å²) >= 11 is 0. The summed E-state index contributed by atoms with van der Waals surface area (Å²) in [5.41, 5.74) is 4.73. The van der Waals surface area contributed by atoms with Gasteiger partial charge in [-0.25, -0.2) is 9.78 Å². The summed E-state index contributed by atoms with van der Waals surface area (Å²) < 4.78 is 11.1. The van der Waals surface area contributed by atoms with Crippen molar-refractivity contribution in [2.24, 2.45) is 0 Å². The lowest BCUT2D eigenvalue weighted by molar-refractivity contribution is -0.148. The van der Waals surface area contributed by atoms with Crippen LogP contribution in [0.2, 0.25) is 0 Å². The predicted octanol–water partition coefficient (Wildman–Crippen LogP) is 4.23. The lowest BCUT2D eigenvalue weighted by Gasteiger charge is -2.38. The molecule has 4 aromatic rings. The van der Waals surface area contributed by atoms with E-state index in [1.807, 2.05) is 96.7 Å². The third-order valence-electron chi connectivity index (χ3n) is 6.75. The van der Waals surface area contributed by atoms with Crippen LogP contribution in [0.15, 0.2) is 77.2 Å². The third kappa shape index (κ3) is 5.06. The second kappa shape index (κ2) is 10.4. The summed E-state index contributed by atoms with van der Waals surface area (Å²) in [6.07, 6.45) is 0. The van der Waals surface area contributed by atoms with E-state index in [0.29, 0.717) is 43.2 Å². The van der Waals surface area contributed by atoms with Gasteiger partial charge in [0, 0.05) is 57.1 Å². The molecule has 1 aliphatic rings. The highest BCUT2D eigenvalue weighted by molar-refractivity contribution is 5.95. The Balaban J connectivity index is 1.31. The molecule has 5 rings (SSSR count). The van der Waals surface area contributed by atoms with Gasteiger partial charge in [-0.2, -0.15) is 0 Å². The molecule has 1 aromatic heterocycles. The first-order chi connectivity index (χ1) is 17.9. The Morgan fingerprint density at radius 2 is 1.70 bits per heavy atom. The molecule has 190 valence electrons. The minimum absolute atomic E-state index is 0.0539. The normalized spacial score (nSPS) is 14.9. The number of fused-ring (bicyclic) bond motifs is 1. The summed E-state index contributed by atoms with van der Waals surface area (Å²) in [7, 11) is 5.37. The minimum atomic E-state index is -0.487. The Kier molecular flexibility index (Phi) is 6.92. The molecule has 1 amide bonds. The fraction of sp³-hybridized carbons (Fsp3) is 0.276. The number of hydrogen-bond donors (Lipinski definition) is 0. The highest BCUT2D eigenvalue weighted by Crippen LogP contribution is 2.28. The van der Waals surface area contributed by atoms with Gasteiger partial charge < -0.3 is 19.0 Å². The van der Waals surface area contributed by atoms with Crippen molar-refractivity contribution < 1.29 is 18.7 Å². The topological polar surface area (TPSA) is 79.1 Å². The summed E-state index contributed by atoms with van der Waals surface area (Å²) in [5, 5.41) is 0. The largest absolute Gasteiger partial charge is 0.468 e. The average molecular weight is 499 g/mol. The Hall–Kier alpha value is -4.17. The summed E-state index contributed by atoms with van der Waals surface area (Å²) in [4.78, 5) is 36.5. The Morgan fingerprint density at radius 3 is 2.41 bits per heavy atom. The van der Waals surface area contributed by atoms with Crippen LogP contribution in [0.5, 0.6) is 0 Å². The zero-order chi connectivity index (χ0) is 25.9. The maximum atomic E-state index is 13.4. The summed E-state index contributed by atoms with van der Waals surface area (Å²) in [6, 6.07) is 22.4. The van der Waals surface area contributed by atoms with Crippen LogP contribution in [0.1, 0.15) is 22.0 Å². The minimum Gasteiger partial charge on any atom is -0.468 e. The van der Waals surface area contributed by atoms with Crippen LogP contribution >= 0.6 is 0 Å². The quantitative estimate of drug-likeness (QED) is 0.368. The molecule has 0 radical (unpaired) electrons. The van der Waals surface area contributed by atoms with Crippen molar-refractivity contribution in [3.63, 3.8) is 0 Å². The average Bonchev–Trinajstić information content (AvgIpc) is 3.37. The highest BCUT2D eigenvalue weighted by Gasteiger charge is 2.32. The molecule has 0 bridgehead atoms. The van der Waals surface area contributed by atoms with Crippen LogP contribution in [0, 0.1) is 0 Å². The first kappa shape index (κ1) is 24.5. The molecule has 0 spiro atoms. The molecule has 8 nitrogen and oxygen atoms in total. The van der Waals surface area contributed by atoms with Gasteiger partial charge in [-0.3, -0.25) is 9.69 Å². The van der Waals surface area contributed by atoms with E-state index in [1.54, 1.807) is 0 Å². The molecule has 0 aliphatic carbocycles. The number of ether oxygens (including phenoxy) is 1. The second-order valence-electron chi connectivity index (χ2n) is 9.31. The predicted molar refractivity (Wildman–Crippen MR) is 142 cm³/mol. The van der Waals surface area contributed by atoms with Crippen molar-refractivity contribution >= 4 is 28.7 Å². The van der Waals surface area contributed by atoms with Gasteiger partial charge >= 0.3 is 5.97 Å². The molecule has 1 fully saturated rings. The molecular formula is C29H30N4O4. The highest BCUT2D eigenvalue weighted by atomic mass is 16.5. The molecule has 3 aromatic carbocycles. The van der Waals surface area contributed by atoms with Gasteiger partial charge in [-0.15, -0.1) is 0 Å². The maximum Gasteiger partial charge on any atom is 0.327 e. The Labute approximate surface area is 216 Å². The SMILES string of the molecule is COC(=O)C(c1ccccc1)N1CCN(C(=O)c2cccc(-c3nc4cc(N(C)C)ccc4o3)c2)CC1. The van der Waals surface area contributed by atoms with Crippen molar-refractivity contribution in [1.82, 2.24) is 14.8 Å². The first-order valence-corrected chi connectivity index (χ1v) is 12.3. The van der Waals surface area contributed by atoms with E-state index in [-0.39, 0.29) is 11.9 Å². The number of amides is 1. The first-order valence-electron chi connectivity index (χ1n) is 12.3. The zero-order valence-electron chi connectivity index (χ0n) is 21.3. The molecule has 0 saturated carbocycles. The number of aromatic nitrogens is 1. The van der Waals surface area contributed by atoms with E-state index in [4.69, 9.17) is 9.15 Å². The number of methoxy groups -OCH3 is 1. The number of anilines is 1. The van der Waals surface area contributed by atoms with Gasteiger partial charge in [0.05, 0.1) is 7.11 Å². The molecule has 8 heteroatoms. The molecule has 1 unspecified atom stereocenters. The van der Waals surface area contributed by atoms with Crippen molar-refractivity contribution in [1.29, 1.82) is 0 Å². The van der Waals surface area contributed by atoms with Gasteiger partial charge in [-0.1, -0.05) is 36.4 Å². The monoisotopic (exact) mass is 498 g/mol. The number of esters is 1. The molecule has 1 saturated heterocycles. The van der Waals surface area contributed by atoms with Gasteiger partial charge in [0.25, 0.3) is 5.91 Å². The van der Waals surface area contributed by atoms with E-state index in [2.05, 4.69) is 9.88 Å². The van der Waals surface area contributed by atoms with Crippen molar-refractivity contribution in [2.45, 2.75) is 6.04 Å². The number of carbonyl (C=O) groups is 2. The van der Waals surface area contributed by atoms with E-state index >= 15 is 0 Å². The second-order valence-corrected chi connectivity index (χ2v) is 9.31. The van der Waals surface area contributed by atoms with Crippen LogP contribution < -0.4 is 4.90 Å². The van der Waals surface area contributed by atoms with Crippen molar-refractivity contribution in [3.05, 3.63) is 83.9 Å². The smallest absolute Gasteiger partial charge is 0.327 e. The van der Waals surface area contributed by atoms with Gasteiger partial charge in [-0.05, 0) is 42.0 Å². The molecular weight excluding hydrogens is 468 g/mol. The Morgan fingerprint density at radius 1 is 0.946 bits per heavy atom. The van der Waals surface area contributed by atoms with Crippen LogP contribution in [0.3, 0.4) is 0 Å². The van der Waals surface area contributed by atoms with Crippen LogP contribution in [-0.4, -0.2) is 74.0 Å². The zero-order valence-corrected chi connectivity index (χ0v) is 21.3. The number of piperazine rings is 1. The van der Waals surface area contributed by atoms with Crippen molar-refractivity contribution in [2.75, 3.05) is 52.3 Å². The van der Waals surface area contributed by atoms with Crippen LogP contribution in [-0.2, 0) is 9.53 Å². The van der Waals surface area contributed by atoms with Crippen LogP contribution in [0.4, 0.5) is 5.69 Å². The number of carbonyl (C=O) groups excluding carboxylic acids is 2. The maximum absolute atomic E-state index is 13.4. The lowest BCUT2D eigenvalue weighted by Crippen LogP contribution is -2.51. The lowest BCUT2D eigenvalue weighted by atomic mass is 10.0. The number of nitrogens with zero attached hydrogens (tertiary/aromatic N) is 4. The molecule has 1 aliphatic heterocycles. The van der Waals surface area contributed by atoms with Gasteiger partial charge in [0.1, 0.15) is 11.6 Å².